The summed E-state index contributed by atoms with van der Waals surface area (Å²) >= 11 is 0. The molecule has 1 fully saturated rings. The first-order chi connectivity index (χ1) is 18.7. The van der Waals surface area contributed by atoms with E-state index in [0.717, 1.165) is 61.2 Å². The van der Waals surface area contributed by atoms with Crippen molar-refractivity contribution in [2.45, 2.75) is 68.7 Å². The molecule has 0 spiro atoms. The number of hydrogen-bond donors (Lipinski definition) is 3. The number of nitrogens with zero attached hydrogens (tertiary/aromatic N) is 1. The lowest BCUT2D eigenvalue weighted by Crippen LogP contribution is -2.46. The molecule has 3 aromatic rings. The van der Waals surface area contributed by atoms with Gasteiger partial charge in [0.2, 0.25) is 0 Å². The Morgan fingerprint density at radius 1 is 1.00 bits per heavy atom. The van der Waals surface area contributed by atoms with Gasteiger partial charge in [0, 0.05) is 6.54 Å². The van der Waals surface area contributed by atoms with E-state index in [4.69, 9.17) is 0 Å². The molecule has 3 atom stereocenters. The lowest BCUT2D eigenvalue weighted by molar-refractivity contribution is -0.135. The van der Waals surface area contributed by atoms with Crippen LogP contribution in [0.15, 0.2) is 65.6 Å². The molecule has 0 radical (unpaired) electrons. The summed E-state index contributed by atoms with van der Waals surface area (Å²) in [6, 6.07) is 18.2. The van der Waals surface area contributed by atoms with Gasteiger partial charge < -0.3 is 15.5 Å². The van der Waals surface area contributed by atoms with Gasteiger partial charge in [-0.05, 0) is 90.7 Å². The molecule has 3 N–H and O–H groups in total. The molecular weight excluding hydrogens is 512 g/mol. The molecule has 0 unspecified atom stereocenters. The van der Waals surface area contributed by atoms with E-state index >= 15 is 0 Å². The second-order valence-electron chi connectivity index (χ2n) is 11.2. The normalized spacial score (nSPS) is 20.3. The first-order valence-corrected chi connectivity index (χ1v) is 15.6. The van der Waals surface area contributed by atoms with Crippen LogP contribution >= 0.6 is 0 Å². The van der Waals surface area contributed by atoms with E-state index in [1.165, 1.54) is 30.0 Å². The Morgan fingerprint density at radius 2 is 1.74 bits per heavy atom. The van der Waals surface area contributed by atoms with E-state index in [9.17, 15) is 23.4 Å². The van der Waals surface area contributed by atoms with Gasteiger partial charge in [-0.25, -0.2) is 8.42 Å². The average molecular weight is 551 g/mol. The molecule has 0 bridgehead atoms. The van der Waals surface area contributed by atoms with Crippen molar-refractivity contribution in [2.75, 3.05) is 18.8 Å². The molecule has 5 rings (SSSR count). The van der Waals surface area contributed by atoms with Crippen molar-refractivity contribution in [3.05, 3.63) is 77.4 Å². The molecule has 0 saturated carbocycles. The number of piperidine rings is 1. The van der Waals surface area contributed by atoms with Crippen LogP contribution in [0, 0.1) is 5.92 Å². The van der Waals surface area contributed by atoms with E-state index in [-0.39, 0.29) is 10.9 Å². The number of carbonyl (C=O) groups excluding carboxylic acids is 1. The minimum absolute atomic E-state index is 0.0453. The van der Waals surface area contributed by atoms with Crippen LogP contribution in [0.3, 0.4) is 0 Å². The van der Waals surface area contributed by atoms with Gasteiger partial charge in [0.1, 0.15) is 6.10 Å². The van der Waals surface area contributed by atoms with Crippen LogP contribution < -0.4 is 5.32 Å². The third kappa shape index (κ3) is 6.52. The molecular formula is C31H38N2O5S. The number of nitrogens with one attached hydrogen (secondary N) is 1. The zero-order valence-corrected chi connectivity index (χ0v) is 23.2. The summed E-state index contributed by atoms with van der Waals surface area (Å²) in [6.07, 6.45) is 1.42. The van der Waals surface area contributed by atoms with Crippen molar-refractivity contribution in [3.63, 3.8) is 0 Å². The van der Waals surface area contributed by atoms with E-state index in [1.807, 2.05) is 24.3 Å². The summed E-state index contributed by atoms with van der Waals surface area (Å²) in [6.45, 7) is 5.47. The van der Waals surface area contributed by atoms with Crippen molar-refractivity contribution in [3.8, 4) is 0 Å². The second-order valence-corrected chi connectivity index (χ2v) is 13.3. The number of rotatable bonds is 8. The Morgan fingerprint density at radius 3 is 2.51 bits per heavy atom. The van der Waals surface area contributed by atoms with Crippen molar-refractivity contribution in [2.24, 2.45) is 5.92 Å². The quantitative estimate of drug-likeness (QED) is 0.394. The number of sulfone groups is 1. The van der Waals surface area contributed by atoms with Crippen molar-refractivity contribution in [1.29, 1.82) is 0 Å². The predicted molar refractivity (Wildman–Crippen MR) is 152 cm³/mol. The van der Waals surface area contributed by atoms with Crippen LogP contribution in [-0.2, 0) is 27.6 Å². The van der Waals surface area contributed by atoms with E-state index in [0.29, 0.717) is 0 Å². The van der Waals surface area contributed by atoms with Gasteiger partial charge in [-0.1, -0.05) is 55.5 Å². The molecule has 1 aliphatic heterocycles. The standard InChI is InChI=1S/C31H38N2O5S/c1-21-13-15-33(16-14-21)19-22-9-12-27-25(17-22)7-4-8-28(27)32-31(36)30(35)29(34)20-39(37,38)26-11-10-23-5-2-3-6-24(23)18-26/h2-3,5-6,9-12,17-18,21,28-30,34-35H,4,7-8,13-16,19-20H2,1H3,(H,32,36)/t28-,29-,30-/m1/s1. The third-order valence-electron chi connectivity index (χ3n) is 8.22. The van der Waals surface area contributed by atoms with Crippen LogP contribution in [0.2, 0.25) is 0 Å². The fraction of sp³-hybridized carbons (Fsp3) is 0.452. The fourth-order valence-corrected chi connectivity index (χ4v) is 7.21. The largest absolute Gasteiger partial charge is 0.389 e. The zero-order valence-electron chi connectivity index (χ0n) is 22.4. The van der Waals surface area contributed by atoms with Gasteiger partial charge in [0.25, 0.3) is 5.91 Å². The highest BCUT2D eigenvalue weighted by Gasteiger charge is 2.32. The molecule has 7 nitrogen and oxygen atoms in total. The zero-order chi connectivity index (χ0) is 27.6. The number of aliphatic hydroxyl groups excluding tert-OH is 2. The van der Waals surface area contributed by atoms with Crippen LogP contribution in [0.1, 0.15) is 55.3 Å². The number of benzene rings is 3. The average Bonchev–Trinajstić information content (AvgIpc) is 2.93. The van der Waals surface area contributed by atoms with Crippen LogP contribution in [0.5, 0.6) is 0 Å². The fourth-order valence-electron chi connectivity index (χ4n) is 5.80. The van der Waals surface area contributed by atoms with Crippen LogP contribution in [0.25, 0.3) is 10.8 Å². The van der Waals surface area contributed by atoms with Gasteiger partial charge in [0.15, 0.2) is 15.9 Å². The number of hydrogen-bond acceptors (Lipinski definition) is 6. The number of aliphatic hydroxyl groups is 2. The van der Waals surface area contributed by atoms with Gasteiger partial charge in [-0.15, -0.1) is 0 Å². The maximum atomic E-state index is 13.0. The van der Waals surface area contributed by atoms with Gasteiger partial charge >= 0.3 is 0 Å². The first-order valence-electron chi connectivity index (χ1n) is 13.9. The molecule has 0 aromatic heterocycles. The van der Waals surface area contributed by atoms with Gasteiger partial charge in [0.05, 0.1) is 16.7 Å². The smallest absolute Gasteiger partial charge is 0.252 e. The number of likely N-dealkylation sites (tertiary alicyclic amines) is 1. The molecule has 1 heterocycles. The summed E-state index contributed by atoms with van der Waals surface area (Å²) in [5.74, 6) is -0.720. The topological polar surface area (TPSA) is 107 Å². The molecule has 1 amide bonds. The Balaban J connectivity index is 1.21. The lowest BCUT2D eigenvalue weighted by Gasteiger charge is -2.31. The number of amides is 1. The van der Waals surface area contributed by atoms with Crippen molar-refractivity contribution >= 4 is 26.5 Å². The van der Waals surface area contributed by atoms with Crippen molar-refractivity contribution < 1.29 is 23.4 Å². The minimum atomic E-state index is -3.93. The second kappa shape index (κ2) is 11.8. The van der Waals surface area contributed by atoms with E-state index < -0.39 is 33.7 Å². The van der Waals surface area contributed by atoms with Gasteiger partial charge in [-0.2, -0.15) is 0 Å². The Hall–Kier alpha value is -2.78. The summed E-state index contributed by atoms with van der Waals surface area (Å²) in [5.41, 5.74) is 3.49. The third-order valence-corrected chi connectivity index (χ3v) is 9.98. The molecule has 2 aliphatic rings. The molecule has 3 aromatic carbocycles. The maximum Gasteiger partial charge on any atom is 0.252 e. The predicted octanol–water partition coefficient (Wildman–Crippen LogP) is 3.76. The van der Waals surface area contributed by atoms with Gasteiger partial charge in [-0.3, -0.25) is 9.69 Å². The molecule has 39 heavy (non-hydrogen) atoms. The highest BCUT2D eigenvalue weighted by molar-refractivity contribution is 7.91. The Kier molecular flexibility index (Phi) is 8.38. The van der Waals surface area contributed by atoms with Crippen molar-refractivity contribution in [1.82, 2.24) is 10.2 Å². The molecule has 1 aliphatic carbocycles. The van der Waals surface area contributed by atoms with Crippen LogP contribution in [-0.4, -0.2) is 60.5 Å². The number of fused-ring (bicyclic) bond motifs is 2. The highest BCUT2D eigenvalue weighted by atomic mass is 32.2. The molecule has 8 heteroatoms. The highest BCUT2D eigenvalue weighted by Crippen LogP contribution is 2.31. The molecule has 208 valence electrons. The number of carbonyl (C=O) groups is 1. The Bertz CT molecular complexity index is 1430. The van der Waals surface area contributed by atoms with E-state index in [2.05, 4.69) is 35.3 Å². The minimum Gasteiger partial charge on any atom is -0.389 e. The number of aryl methyl sites for hydroxylation is 1. The summed E-state index contributed by atoms with van der Waals surface area (Å²) in [7, 11) is -3.93. The maximum absolute atomic E-state index is 13.0. The van der Waals surface area contributed by atoms with Crippen LogP contribution in [0.4, 0.5) is 0 Å². The lowest BCUT2D eigenvalue weighted by atomic mass is 9.86. The molecule has 1 saturated heterocycles. The SMILES string of the molecule is CC1CCN(Cc2ccc3c(c2)CCC[C@H]3NC(=O)[C@H](O)[C@H](O)CS(=O)(=O)c2ccc3ccccc3c2)CC1. The Labute approximate surface area is 230 Å². The summed E-state index contributed by atoms with van der Waals surface area (Å²) in [5, 5.41) is 25.6. The summed E-state index contributed by atoms with van der Waals surface area (Å²) < 4.78 is 25.9. The summed E-state index contributed by atoms with van der Waals surface area (Å²) in [4.78, 5) is 15.4. The monoisotopic (exact) mass is 550 g/mol. The van der Waals surface area contributed by atoms with E-state index in [1.54, 1.807) is 12.1 Å². The first kappa shape index (κ1) is 27.8.